The van der Waals surface area contributed by atoms with Gasteiger partial charge in [-0.1, -0.05) is 16.6 Å². The minimum atomic E-state index is 0.180. The van der Waals surface area contributed by atoms with Crippen molar-refractivity contribution in [3.05, 3.63) is 40.4 Å². The summed E-state index contributed by atoms with van der Waals surface area (Å²) in [7, 11) is 1.86. The number of rotatable bonds is 6. The van der Waals surface area contributed by atoms with Gasteiger partial charge >= 0.3 is 0 Å². The molecular weight excluding hydrogens is 346 g/mol. The highest BCUT2D eigenvalue weighted by Gasteiger charge is 2.19. The van der Waals surface area contributed by atoms with Gasteiger partial charge in [0.1, 0.15) is 0 Å². The summed E-state index contributed by atoms with van der Waals surface area (Å²) in [6, 6.07) is 8.67. The minimum Gasteiger partial charge on any atom is -0.369 e. The third-order valence-corrected chi connectivity index (χ3v) is 5.74. The summed E-state index contributed by atoms with van der Waals surface area (Å²) in [4.78, 5) is 20.1. The van der Waals surface area contributed by atoms with Crippen LogP contribution in [0, 0.1) is 13.8 Å². The van der Waals surface area contributed by atoms with E-state index in [0.29, 0.717) is 13.0 Å². The molecule has 6 nitrogen and oxygen atoms in total. The van der Waals surface area contributed by atoms with E-state index in [1.165, 1.54) is 22.8 Å². The Morgan fingerprint density at radius 1 is 1.23 bits per heavy atom. The van der Waals surface area contributed by atoms with E-state index in [4.69, 9.17) is 0 Å². The largest absolute Gasteiger partial charge is 0.369 e. The normalized spacial score (nSPS) is 15.3. The second-order valence-corrected chi connectivity index (χ2v) is 7.79. The van der Waals surface area contributed by atoms with Crippen molar-refractivity contribution >= 4 is 23.1 Å². The Morgan fingerprint density at radius 3 is 2.65 bits per heavy atom. The zero-order valence-electron chi connectivity index (χ0n) is 15.8. The number of anilines is 1. The predicted octanol–water partition coefficient (Wildman–Crippen LogP) is 2.33. The van der Waals surface area contributed by atoms with Crippen LogP contribution in [0.4, 0.5) is 5.69 Å². The molecule has 26 heavy (non-hydrogen) atoms. The summed E-state index contributed by atoms with van der Waals surface area (Å²) in [6.07, 6.45) is 0.562. The summed E-state index contributed by atoms with van der Waals surface area (Å²) >= 11 is 1.37. The fourth-order valence-corrected chi connectivity index (χ4v) is 3.88. The Balaban J connectivity index is 1.42. The summed E-state index contributed by atoms with van der Waals surface area (Å²) in [5, 5.41) is 4.00. The van der Waals surface area contributed by atoms with Crippen molar-refractivity contribution in [2.75, 3.05) is 44.7 Å². The highest BCUT2D eigenvalue weighted by molar-refractivity contribution is 7.05. The first kappa shape index (κ1) is 18.8. The van der Waals surface area contributed by atoms with Crippen molar-refractivity contribution in [1.29, 1.82) is 0 Å². The molecular formula is C19H27N5OS. The zero-order chi connectivity index (χ0) is 18.5. The smallest absolute Gasteiger partial charge is 0.223 e. The van der Waals surface area contributed by atoms with E-state index in [-0.39, 0.29) is 5.91 Å². The first-order chi connectivity index (χ1) is 12.5. The van der Waals surface area contributed by atoms with E-state index in [0.717, 1.165) is 43.3 Å². The highest BCUT2D eigenvalue weighted by Crippen LogP contribution is 2.18. The molecule has 0 bridgehead atoms. The van der Waals surface area contributed by atoms with Gasteiger partial charge in [-0.05, 0) is 43.1 Å². The maximum atomic E-state index is 12.4. The summed E-state index contributed by atoms with van der Waals surface area (Å²) < 4.78 is 3.93. The maximum Gasteiger partial charge on any atom is 0.223 e. The average molecular weight is 374 g/mol. The molecule has 2 heterocycles. The fourth-order valence-electron chi connectivity index (χ4n) is 3.20. The molecule has 0 N–H and O–H groups in total. The fraction of sp³-hybridized carbons (Fsp3) is 0.526. The van der Waals surface area contributed by atoms with E-state index < -0.39 is 0 Å². The second kappa shape index (κ2) is 8.60. The molecule has 1 amide bonds. The van der Waals surface area contributed by atoms with Gasteiger partial charge in [-0.25, -0.2) is 0 Å². The van der Waals surface area contributed by atoms with E-state index in [2.05, 4.69) is 50.6 Å². The number of hydrogen-bond donors (Lipinski definition) is 0. The first-order valence-corrected chi connectivity index (χ1v) is 9.86. The monoisotopic (exact) mass is 373 g/mol. The van der Waals surface area contributed by atoms with Gasteiger partial charge in [0.2, 0.25) is 5.91 Å². The molecule has 1 fully saturated rings. The minimum absolute atomic E-state index is 0.180. The van der Waals surface area contributed by atoms with Gasteiger partial charge in [0, 0.05) is 51.9 Å². The zero-order valence-corrected chi connectivity index (χ0v) is 16.6. The molecule has 140 valence electrons. The summed E-state index contributed by atoms with van der Waals surface area (Å²) in [6.45, 7) is 9.52. The molecule has 0 spiro atoms. The lowest BCUT2D eigenvalue weighted by Crippen LogP contribution is -2.47. The Labute approximate surface area is 159 Å². The van der Waals surface area contributed by atoms with Gasteiger partial charge in [-0.3, -0.25) is 9.69 Å². The quantitative estimate of drug-likeness (QED) is 0.778. The van der Waals surface area contributed by atoms with Gasteiger partial charge in [-0.2, -0.15) is 0 Å². The van der Waals surface area contributed by atoms with Crippen molar-refractivity contribution in [2.24, 2.45) is 0 Å². The number of aryl methyl sites for hydroxylation is 2. The van der Waals surface area contributed by atoms with Crippen molar-refractivity contribution in [3.8, 4) is 0 Å². The van der Waals surface area contributed by atoms with E-state index in [1.54, 1.807) is 4.90 Å². The number of amides is 1. The van der Waals surface area contributed by atoms with Crippen molar-refractivity contribution in [1.82, 2.24) is 19.4 Å². The van der Waals surface area contributed by atoms with Crippen LogP contribution in [0.15, 0.2) is 24.3 Å². The molecule has 0 radical (unpaired) electrons. The molecule has 1 aliphatic heterocycles. The van der Waals surface area contributed by atoms with Crippen LogP contribution in [-0.2, 0) is 11.3 Å². The van der Waals surface area contributed by atoms with E-state index in [9.17, 15) is 4.79 Å². The Morgan fingerprint density at radius 2 is 2.00 bits per heavy atom. The van der Waals surface area contributed by atoms with Crippen molar-refractivity contribution in [2.45, 2.75) is 26.8 Å². The second-order valence-electron chi connectivity index (χ2n) is 6.95. The number of piperazine rings is 1. The maximum absolute atomic E-state index is 12.4. The third-order valence-electron chi connectivity index (χ3n) is 4.93. The third kappa shape index (κ3) is 4.80. The van der Waals surface area contributed by atoms with Crippen molar-refractivity contribution < 1.29 is 4.79 Å². The number of carbonyl (C=O) groups excluding carboxylic acids is 1. The standard InChI is InChI=1S/C19H27N5OS/c1-15-5-4-6-17(13-15)24-11-9-23(10-12-24)8-7-19(25)22(3)14-18-16(2)20-21-26-18/h4-6,13H,7-12,14H2,1-3H3. The molecule has 1 aliphatic rings. The topological polar surface area (TPSA) is 52.6 Å². The van der Waals surface area contributed by atoms with Gasteiger partial charge in [0.05, 0.1) is 17.1 Å². The number of hydrogen-bond acceptors (Lipinski definition) is 6. The lowest BCUT2D eigenvalue weighted by molar-refractivity contribution is -0.130. The van der Waals surface area contributed by atoms with Crippen LogP contribution in [0.1, 0.15) is 22.6 Å². The van der Waals surface area contributed by atoms with Gasteiger partial charge in [-0.15, -0.1) is 5.10 Å². The molecule has 1 aromatic carbocycles. The molecule has 0 atom stereocenters. The Hall–Kier alpha value is -1.99. The van der Waals surface area contributed by atoms with Crippen LogP contribution < -0.4 is 4.90 Å². The lowest BCUT2D eigenvalue weighted by Gasteiger charge is -2.36. The molecule has 7 heteroatoms. The predicted molar refractivity (Wildman–Crippen MR) is 106 cm³/mol. The molecule has 1 saturated heterocycles. The number of carbonyl (C=O) groups is 1. The molecule has 1 aromatic heterocycles. The highest BCUT2D eigenvalue weighted by atomic mass is 32.1. The van der Waals surface area contributed by atoms with Gasteiger partial charge < -0.3 is 9.80 Å². The van der Waals surface area contributed by atoms with Gasteiger partial charge in [0.15, 0.2) is 0 Å². The lowest BCUT2D eigenvalue weighted by atomic mass is 10.2. The van der Waals surface area contributed by atoms with Crippen LogP contribution in [0.3, 0.4) is 0 Å². The van der Waals surface area contributed by atoms with Crippen LogP contribution in [0.25, 0.3) is 0 Å². The molecule has 0 aliphatic carbocycles. The van der Waals surface area contributed by atoms with Crippen LogP contribution >= 0.6 is 11.5 Å². The van der Waals surface area contributed by atoms with Crippen LogP contribution in [-0.4, -0.2) is 65.1 Å². The molecule has 0 unspecified atom stereocenters. The SMILES string of the molecule is Cc1cccc(N2CCN(CCC(=O)N(C)Cc3snnc3C)CC2)c1. The van der Waals surface area contributed by atoms with Crippen LogP contribution in [0.5, 0.6) is 0 Å². The first-order valence-electron chi connectivity index (χ1n) is 9.08. The van der Waals surface area contributed by atoms with Crippen molar-refractivity contribution in [3.63, 3.8) is 0 Å². The molecule has 0 saturated carbocycles. The number of aromatic nitrogens is 2. The summed E-state index contributed by atoms with van der Waals surface area (Å²) in [5.74, 6) is 0.180. The van der Waals surface area contributed by atoms with Crippen LogP contribution in [0.2, 0.25) is 0 Å². The number of nitrogens with zero attached hydrogens (tertiary/aromatic N) is 5. The number of benzene rings is 1. The Bertz CT molecular complexity index is 739. The van der Waals surface area contributed by atoms with E-state index in [1.807, 2.05) is 14.0 Å². The average Bonchev–Trinajstić information content (AvgIpc) is 3.04. The van der Waals surface area contributed by atoms with E-state index >= 15 is 0 Å². The van der Waals surface area contributed by atoms with Gasteiger partial charge in [0.25, 0.3) is 0 Å². The Kier molecular flexibility index (Phi) is 6.21. The molecule has 2 aromatic rings. The summed E-state index contributed by atoms with van der Waals surface area (Å²) in [5.41, 5.74) is 3.51. The molecule has 3 rings (SSSR count).